The SMILES string of the molecule is O=C(O)C1=C(CBr)C[S+]([O-])[C@@H]2C(NC(=O)c3ccccc3)C(=O)N12. The van der Waals surface area contributed by atoms with E-state index in [0.29, 0.717) is 11.1 Å². The highest BCUT2D eigenvalue weighted by Gasteiger charge is 2.60. The van der Waals surface area contributed by atoms with E-state index in [2.05, 4.69) is 21.2 Å². The third-order valence-electron chi connectivity index (χ3n) is 3.89. The van der Waals surface area contributed by atoms with Gasteiger partial charge in [-0.15, -0.1) is 0 Å². The number of β-lactam (4-membered cyclic amide) rings is 1. The highest BCUT2D eigenvalue weighted by Crippen LogP contribution is 2.37. The van der Waals surface area contributed by atoms with Crippen molar-refractivity contribution < 1.29 is 24.0 Å². The standard InChI is InChI=1S/C15H13BrN2O5S/c16-6-9-7-24(23)14-10(13(20)18(14)11(9)15(21)22)17-12(19)8-4-2-1-3-5-8/h1-5,10,14H,6-7H2,(H,17,19)(H,21,22)/t10?,14-,24?/m1/s1. The molecule has 1 aromatic carbocycles. The van der Waals surface area contributed by atoms with E-state index in [1.165, 1.54) is 0 Å². The number of hydrogen-bond acceptors (Lipinski definition) is 4. The maximum Gasteiger partial charge on any atom is 0.352 e. The zero-order valence-electron chi connectivity index (χ0n) is 12.3. The van der Waals surface area contributed by atoms with E-state index in [1.807, 2.05) is 0 Å². The minimum Gasteiger partial charge on any atom is -0.614 e. The highest BCUT2D eigenvalue weighted by molar-refractivity contribution is 9.09. The van der Waals surface area contributed by atoms with Crippen molar-refractivity contribution in [3.05, 3.63) is 47.2 Å². The molecule has 3 atom stereocenters. The first-order valence-electron chi connectivity index (χ1n) is 7.03. The molecule has 1 saturated heterocycles. The smallest absolute Gasteiger partial charge is 0.352 e. The predicted octanol–water partition coefficient (Wildman–Crippen LogP) is 0.449. The largest absolute Gasteiger partial charge is 0.614 e. The van der Waals surface area contributed by atoms with Crippen LogP contribution in [-0.2, 0) is 20.8 Å². The fraction of sp³-hybridized carbons (Fsp3) is 0.267. The van der Waals surface area contributed by atoms with Gasteiger partial charge in [0.25, 0.3) is 11.8 Å². The molecule has 0 aliphatic carbocycles. The summed E-state index contributed by atoms with van der Waals surface area (Å²) in [7, 11) is 0. The number of halogens is 1. The van der Waals surface area contributed by atoms with Crippen LogP contribution >= 0.6 is 15.9 Å². The molecular formula is C15H13BrN2O5S. The van der Waals surface area contributed by atoms with E-state index in [1.54, 1.807) is 30.3 Å². The lowest BCUT2D eigenvalue weighted by Gasteiger charge is -2.48. The number of alkyl halides is 1. The first-order chi connectivity index (χ1) is 11.5. The van der Waals surface area contributed by atoms with Gasteiger partial charge >= 0.3 is 5.97 Å². The molecule has 0 saturated carbocycles. The van der Waals surface area contributed by atoms with Crippen molar-refractivity contribution in [2.75, 3.05) is 11.1 Å². The Balaban J connectivity index is 1.83. The van der Waals surface area contributed by atoms with E-state index in [9.17, 15) is 24.0 Å². The van der Waals surface area contributed by atoms with Gasteiger partial charge in [-0.3, -0.25) is 14.5 Å². The average molecular weight is 413 g/mol. The number of aliphatic carboxylic acids is 1. The van der Waals surface area contributed by atoms with E-state index in [4.69, 9.17) is 0 Å². The summed E-state index contributed by atoms with van der Waals surface area (Å²) in [5.74, 6) is -2.21. The number of nitrogens with one attached hydrogen (secondary N) is 1. The summed E-state index contributed by atoms with van der Waals surface area (Å²) in [5.41, 5.74) is 0.630. The lowest BCUT2D eigenvalue weighted by Crippen LogP contribution is -2.74. The zero-order valence-corrected chi connectivity index (χ0v) is 14.7. The fourth-order valence-corrected chi connectivity index (χ4v) is 5.18. The number of carbonyl (C=O) groups is 3. The molecule has 2 amide bonds. The molecule has 3 rings (SSSR count). The van der Waals surface area contributed by atoms with Gasteiger partial charge in [-0.1, -0.05) is 34.1 Å². The van der Waals surface area contributed by atoms with Gasteiger partial charge in [-0.05, 0) is 23.3 Å². The quantitative estimate of drug-likeness (QED) is 0.423. The van der Waals surface area contributed by atoms with E-state index in [-0.39, 0.29) is 16.8 Å². The number of carboxylic acid groups (broad SMARTS) is 1. The van der Waals surface area contributed by atoms with Gasteiger partial charge < -0.3 is 15.0 Å². The molecule has 2 aliphatic heterocycles. The molecule has 24 heavy (non-hydrogen) atoms. The van der Waals surface area contributed by atoms with Gasteiger partial charge in [0.1, 0.15) is 11.4 Å². The molecule has 126 valence electrons. The molecule has 0 radical (unpaired) electrons. The average Bonchev–Trinajstić information content (AvgIpc) is 2.58. The number of fused-ring (bicyclic) bond motifs is 1. The maximum absolute atomic E-state index is 12.4. The second-order valence-electron chi connectivity index (χ2n) is 5.33. The summed E-state index contributed by atoms with van der Waals surface area (Å²) in [6, 6.07) is 7.35. The van der Waals surface area contributed by atoms with Crippen LogP contribution in [0.15, 0.2) is 41.6 Å². The Bertz CT molecular complexity index is 739. The number of hydrogen-bond donors (Lipinski definition) is 2. The van der Waals surface area contributed by atoms with E-state index >= 15 is 0 Å². The van der Waals surface area contributed by atoms with Gasteiger partial charge in [-0.2, -0.15) is 0 Å². The van der Waals surface area contributed by atoms with Gasteiger partial charge in [0, 0.05) is 16.5 Å². The summed E-state index contributed by atoms with van der Waals surface area (Å²) in [6.45, 7) is 0. The van der Waals surface area contributed by atoms with Crippen molar-refractivity contribution in [3.63, 3.8) is 0 Å². The Morgan fingerprint density at radius 2 is 2.04 bits per heavy atom. The fourth-order valence-electron chi connectivity index (χ4n) is 2.77. The van der Waals surface area contributed by atoms with Crippen LogP contribution in [0.5, 0.6) is 0 Å². The maximum atomic E-state index is 12.4. The van der Waals surface area contributed by atoms with Gasteiger partial charge in [-0.25, -0.2) is 4.79 Å². The Hall–Kier alpha value is -1.84. The Labute approximate surface area is 149 Å². The topological polar surface area (TPSA) is 110 Å². The summed E-state index contributed by atoms with van der Waals surface area (Å²) < 4.78 is 12.4. The predicted molar refractivity (Wildman–Crippen MR) is 89.8 cm³/mol. The monoisotopic (exact) mass is 412 g/mol. The minimum atomic E-state index is -1.48. The van der Waals surface area contributed by atoms with Crippen molar-refractivity contribution in [1.29, 1.82) is 0 Å². The molecule has 2 N–H and O–H groups in total. The number of amides is 2. The van der Waals surface area contributed by atoms with Crippen LogP contribution in [0.25, 0.3) is 0 Å². The lowest BCUT2D eigenvalue weighted by molar-refractivity contribution is -0.149. The highest BCUT2D eigenvalue weighted by atomic mass is 79.9. The second-order valence-corrected chi connectivity index (χ2v) is 7.43. The molecule has 2 aliphatic rings. The van der Waals surface area contributed by atoms with Crippen LogP contribution in [0, 0.1) is 0 Å². The van der Waals surface area contributed by atoms with Crippen molar-refractivity contribution in [3.8, 4) is 0 Å². The Morgan fingerprint density at radius 3 is 2.62 bits per heavy atom. The van der Waals surface area contributed by atoms with E-state index < -0.39 is 40.4 Å². The van der Waals surface area contributed by atoms with Crippen molar-refractivity contribution >= 4 is 44.9 Å². The molecule has 0 spiro atoms. The third-order valence-corrected chi connectivity index (χ3v) is 6.22. The molecule has 2 heterocycles. The number of rotatable bonds is 4. The first-order valence-corrected chi connectivity index (χ1v) is 9.53. The molecule has 2 unspecified atom stereocenters. The summed E-state index contributed by atoms with van der Waals surface area (Å²) in [6.07, 6.45) is 0. The van der Waals surface area contributed by atoms with Gasteiger partial charge in [0.2, 0.25) is 5.37 Å². The summed E-state index contributed by atoms with van der Waals surface area (Å²) in [4.78, 5) is 37.0. The molecule has 0 aromatic heterocycles. The van der Waals surface area contributed by atoms with Crippen LogP contribution < -0.4 is 5.32 Å². The van der Waals surface area contributed by atoms with Crippen LogP contribution in [0.3, 0.4) is 0 Å². The third kappa shape index (κ3) is 2.72. The van der Waals surface area contributed by atoms with Crippen molar-refractivity contribution in [1.82, 2.24) is 10.2 Å². The van der Waals surface area contributed by atoms with Crippen LogP contribution in [-0.4, -0.2) is 54.8 Å². The number of carbonyl (C=O) groups excluding carboxylic acids is 2. The van der Waals surface area contributed by atoms with Crippen LogP contribution in [0.1, 0.15) is 10.4 Å². The normalized spacial score (nSPS) is 25.8. The molecule has 1 aromatic rings. The molecule has 9 heteroatoms. The Kier molecular flexibility index (Phi) is 4.66. The zero-order chi connectivity index (χ0) is 17.4. The molecule has 0 bridgehead atoms. The molecule has 7 nitrogen and oxygen atoms in total. The molecule has 1 fully saturated rings. The first kappa shape index (κ1) is 17.0. The Morgan fingerprint density at radius 1 is 1.38 bits per heavy atom. The number of nitrogens with zero attached hydrogens (tertiary/aromatic N) is 1. The van der Waals surface area contributed by atoms with E-state index in [0.717, 1.165) is 4.90 Å². The minimum absolute atomic E-state index is 0.0546. The van der Waals surface area contributed by atoms with Crippen molar-refractivity contribution in [2.45, 2.75) is 11.4 Å². The van der Waals surface area contributed by atoms with Gasteiger partial charge in [0.15, 0.2) is 6.04 Å². The number of carboxylic acids is 1. The van der Waals surface area contributed by atoms with Crippen LogP contribution in [0.2, 0.25) is 0 Å². The summed E-state index contributed by atoms with van der Waals surface area (Å²) >= 11 is 1.68. The summed E-state index contributed by atoms with van der Waals surface area (Å²) in [5, 5.41) is 11.3. The molecular weight excluding hydrogens is 400 g/mol. The van der Waals surface area contributed by atoms with Gasteiger partial charge in [0.05, 0.1) is 0 Å². The van der Waals surface area contributed by atoms with Crippen LogP contribution in [0.4, 0.5) is 0 Å². The second kappa shape index (κ2) is 6.58. The number of benzene rings is 1. The van der Waals surface area contributed by atoms with Crippen molar-refractivity contribution in [2.24, 2.45) is 0 Å². The lowest BCUT2D eigenvalue weighted by atomic mass is 10.0.